The second-order valence-corrected chi connectivity index (χ2v) is 8.13. The standard InChI is InChI=1S/C24H17ClF2N2O2S/c25-20-5-2-6-21(27)19(20)13-31-18-4-1-3-16(11-18)24-29-22(14-32-24)23(30)28-12-15-7-9-17(26)10-8-15/h1-11,14H,12-13H2,(H,28,30). The van der Waals surface area contributed by atoms with Gasteiger partial charge >= 0.3 is 0 Å². The number of rotatable bonds is 7. The Morgan fingerprint density at radius 2 is 1.84 bits per heavy atom. The van der Waals surface area contributed by atoms with E-state index in [1.54, 1.807) is 41.8 Å². The Balaban J connectivity index is 1.41. The molecule has 4 rings (SSSR count). The number of benzene rings is 3. The summed E-state index contributed by atoms with van der Waals surface area (Å²) in [5, 5.41) is 5.39. The van der Waals surface area contributed by atoms with Gasteiger partial charge in [0.1, 0.15) is 34.7 Å². The first kappa shape index (κ1) is 21.9. The summed E-state index contributed by atoms with van der Waals surface area (Å²) >= 11 is 7.37. The largest absolute Gasteiger partial charge is 0.489 e. The molecule has 1 heterocycles. The molecule has 0 saturated carbocycles. The summed E-state index contributed by atoms with van der Waals surface area (Å²) in [6, 6.07) is 17.6. The Morgan fingerprint density at radius 3 is 2.62 bits per heavy atom. The molecule has 4 aromatic rings. The second kappa shape index (κ2) is 9.89. The maximum atomic E-state index is 13.9. The fourth-order valence-corrected chi connectivity index (χ4v) is 3.95. The van der Waals surface area contributed by atoms with E-state index in [0.29, 0.717) is 15.8 Å². The number of carbonyl (C=O) groups is 1. The molecule has 8 heteroatoms. The molecule has 0 bridgehead atoms. The van der Waals surface area contributed by atoms with E-state index < -0.39 is 5.82 Å². The molecule has 0 aliphatic rings. The first-order chi connectivity index (χ1) is 15.5. The number of thiazole rings is 1. The summed E-state index contributed by atoms with van der Waals surface area (Å²) in [6.07, 6.45) is 0. The molecule has 1 N–H and O–H groups in total. The Labute approximate surface area is 192 Å². The summed E-state index contributed by atoms with van der Waals surface area (Å²) in [6.45, 7) is 0.262. The summed E-state index contributed by atoms with van der Waals surface area (Å²) in [7, 11) is 0. The van der Waals surface area contributed by atoms with Crippen molar-refractivity contribution in [2.45, 2.75) is 13.2 Å². The van der Waals surface area contributed by atoms with Gasteiger partial charge in [0.05, 0.1) is 5.02 Å². The Bertz CT molecular complexity index is 1220. The van der Waals surface area contributed by atoms with Crippen molar-refractivity contribution in [3.63, 3.8) is 0 Å². The molecule has 0 aliphatic heterocycles. The number of halogens is 3. The van der Waals surface area contributed by atoms with Gasteiger partial charge in [0.25, 0.3) is 5.91 Å². The van der Waals surface area contributed by atoms with Crippen molar-refractivity contribution in [1.29, 1.82) is 0 Å². The number of aromatic nitrogens is 1. The van der Waals surface area contributed by atoms with Gasteiger partial charge in [-0.3, -0.25) is 4.79 Å². The summed E-state index contributed by atoms with van der Waals surface area (Å²) in [4.78, 5) is 16.8. The van der Waals surface area contributed by atoms with Gasteiger partial charge < -0.3 is 10.1 Å². The molecule has 1 amide bonds. The molecule has 0 aliphatic carbocycles. The summed E-state index contributed by atoms with van der Waals surface area (Å²) in [5.74, 6) is -0.546. The van der Waals surface area contributed by atoms with Crippen molar-refractivity contribution < 1.29 is 18.3 Å². The molecule has 0 radical (unpaired) electrons. The number of carbonyl (C=O) groups excluding carboxylic acids is 1. The third-order valence-electron chi connectivity index (χ3n) is 4.63. The Morgan fingerprint density at radius 1 is 1.06 bits per heavy atom. The van der Waals surface area contributed by atoms with Crippen molar-refractivity contribution in [2.24, 2.45) is 0 Å². The van der Waals surface area contributed by atoms with Crippen LogP contribution in [0.1, 0.15) is 21.6 Å². The van der Waals surface area contributed by atoms with Crippen molar-refractivity contribution in [3.05, 3.63) is 106 Å². The lowest BCUT2D eigenvalue weighted by molar-refractivity contribution is 0.0946. The molecule has 3 aromatic carbocycles. The van der Waals surface area contributed by atoms with E-state index >= 15 is 0 Å². The maximum Gasteiger partial charge on any atom is 0.271 e. The van der Waals surface area contributed by atoms with E-state index in [-0.39, 0.29) is 36.1 Å². The first-order valence-electron chi connectivity index (χ1n) is 9.64. The molecular formula is C24H17ClF2N2O2S. The third kappa shape index (κ3) is 5.30. The fraction of sp³-hybridized carbons (Fsp3) is 0.0833. The quantitative estimate of drug-likeness (QED) is 0.347. The monoisotopic (exact) mass is 470 g/mol. The zero-order valence-corrected chi connectivity index (χ0v) is 18.2. The van der Waals surface area contributed by atoms with Crippen molar-refractivity contribution in [1.82, 2.24) is 10.3 Å². The minimum absolute atomic E-state index is 0.0100. The number of amides is 1. The van der Waals surface area contributed by atoms with Crippen LogP contribution in [0.2, 0.25) is 5.02 Å². The highest BCUT2D eigenvalue weighted by Gasteiger charge is 2.13. The third-order valence-corrected chi connectivity index (χ3v) is 5.87. The molecule has 1 aromatic heterocycles. The number of nitrogens with one attached hydrogen (secondary N) is 1. The molecule has 0 fully saturated rings. The van der Waals surface area contributed by atoms with E-state index in [0.717, 1.165) is 11.1 Å². The number of hydrogen-bond donors (Lipinski definition) is 1. The zero-order valence-electron chi connectivity index (χ0n) is 16.6. The molecule has 0 spiro atoms. The normalized spacial score (nSPS) is 10.7. The van der Waals surface area contributed by atoms with Crippen LogP contribution in [0.15, 0.2) is 72.1 Å². The van der Waals surface area contributed by atoms with Gasteiger partial charge in [0, 0.05) is 23.1 Å². The van der Waals surface area contributed by atoms with Gasteiger partial charge in [0.15, 0.2) is 0 Å². The van der Waals surface area contributed by atoms with Gasteiger partial charge in [-0.15, -0.1) is 11.3 Å². The van der Waals surface area contributed by atoms with Crippen molar-refractivity contribution in [3.8, 4) is 16.3 Å². The lowest BCUT2D eigenvalue weighted by Gasteiger charge is -2.09. The molecule has 4 nitrogen and oxygen atoms in total. The summed E-state index contributed by atoms with van der Waals surface area (Å²) < 4.78 is 32.6. The minimum Gasteiger partial charge on any atom is -0.489 e. The predicted octanol–water partition coefficient (Wildman–Crippen LogP) is 6.25. The molecule has 32 heavy (non-hydrogen) atoms. The van der Waals surface area contributed by atoms with Gasteiger partial charge in [-0.2, -0.15) is 0 Å². The molecule has 0 unspecified atom stereocenters. The van der Waals surface area contributed by atoms with Crippen LogP contribution in [-0.4, -0.2) is 10.9 Å². The predicted molar refractivity (Wildman–Crippen MR) is 121 cm³/mol. The smallest absolute Gasteiger partial charge is 0.271 e. The molecule has 162 valence electrons. The van der Waals surface area contributed by atoms with Crippen LogP contribution < -0.4 is 10.1 Å². The van der Waals surface area contributed by atoms with Crippen LogP contribution in [0, 0.1) is 11.6 Å². The van der Waals surface area contributed by atoms with Gasteiger partial charge in [0.2, 0.25) is 0 Å². The lowest BCUT2D eigenvalue weighted by atomic mass is 10.2. The molecule has 0 saturated heterocycles. The fourth-order valence-electron chi connectivity index (χ4n) is 2.93. The Hall–Kier alpha value is -3.29. The molecule has 0 atom stereocenters. The number of hydrogen-bond acceptors (Lipinski definition) is 4. The lowest BCUT2D eigenvalue weighted by Crippen LogP contribution is -2.23. The molecular weight excluding hydrogens is 454 g/mol. The highest BCUT2D eigenvalue weighted by molar-refractivity contribution is 7.13. The topological polar surface area (TPSA) is 51.2 Å². The van der Waals surface area contributed by atoms with E-state index in [9.17, 15) is 13.6 Å². The Kier molecular flexibility index (Phi) is 6.78. The van der Waals surface area contributed by atoms with Crippen LogP contribution in [-0.2, 0) is 13.2 Å². The summed E-state index contributed by atoms with van der Waals surface area (Å²) in [5.41, 5.74) is 2.13. The number of nitrogens with zero attached hydrogens (tertiary/aromatic N) is 1. The SMILES string of the molecule is O=C(NCc1ccc(F)cc1)c1csc(-c2cccc(OCc3c(F)cccc3Cl)c2)n1. The van der Waals surface area contributed by atoms with Crippen LogP contribution in [0.25, 0.3) is 10.6 Å². The van der Waals surface area contributed by atoms with Gasteiger partial charge in [-0.05, 0) is 42.0 Å². The van der Waals surface area contributed by atoms with Crippen molar-refractivity contribution in [2.75, 3.05) is 0 Å². The maximum absolute atomic E-state index is 13.9. The van der Waals surface area contributed by atoms with Crippen molar-refractivity contribution >= 4 is 28.8 Å². The van der Waals surface area contributed by atoms with Crippen LogP contribution in [0.4, 0.5) is 8.78 Å². The van der Waals surface area contributed by atoms with E-state index in [2.05, 4.69) is 10.3 Å². The zero-order chi connectivity index (χ0) is 22.5. The minimum atomic E-state index is -0.426. The van der Waals surface area contributed by atoms with Crippen LogP contribution in [0.5, 0.6) is 5.75 Å². The van der Waals surface area contributed by atoms with E-state index in [1.807, 2.05) is 6.07 Å². The highest BCUT2D eigenvalue weighted by atomic mass is 35.5. The first-order valence-corrected chi connectivity index (χ1v) is 10.9. The van der Waals surface area contributed by atoms with Gasteiger partial charge in [-0.25, -0.2) is 13.8 Å². The van der Waals surface area contributed by atoms with E-state index in [4.69, 9.17) is 16.3 Å². The van der Waals surface area contributed by atoms with Crippen LogP contribution in [0.3, 0.4) is 0 Å². The number of ether oxygens (including phenoxy) is 1. The average molecular weight is 471 g/mol. The average Bonchev–Trinajstić information content (AvgIpc) is 3.29. The van der Waals surface area contributed by atoms with Gasteiger partial charge in [-0.1, -0.05) is 41.9 Å². The second-order valence-electron chi connectivity index (χ2n) is 6.86. The van der Waals surface area contributed by atoms with E-state index in [1.165, 1.54) is 35.6 Å². The highest BCUT2D eigenvalue weighted by Crippen LogP contribution is 2.28. The van der Waals surface area contributed by atoms with Crippen LogP contribution >= 0.6 is 22.9 Å².